The number of quaternary nitrogens is 1. The quantitative estimate of drug-likeness (QED) is 0.564. The fourth-order valence-electron chi connectivity index (χ4n) is 4.43. The summed E-state index contributed by atoms with van der Waals surface area (Å²) in [7, 11) is 4.05. The van der Waals surface area contributed by atoms with Crippen LogP contribution >= 0.6 is 0 Å². The molecule has 0 spiro atoms. The van der Waals surface area contributed by atoms with E-state index in [9.17, 15) is 0 Å². The summed E-state index contributed by atoms with van der Waals surface area (Å²) in [6.45, 7) is 0. The van der Waals surface area contributed by atoms with Gasteiger partial charge in [0, 0.05) is 19.3 Å². The van der Waals surface area contributed by atoms with E-state index in [1.165, 1.54) is 19.3 Å². The molecule has 0 aromatic carbocycles. The van der Waals surface area contributed by atoms with Gasteiger partial charge in [-0.15, -0.1) is 0 Å². The first kappa shape index (κ1) is 7.37. The molecule has 0 saturated heterocycles. The van der Waals surface area contributed by atoms with E-state index in [0.717, 1.165) is 17.8 Å². The predicted molar refractivity (Wildman–Crippen MR) is 48.2 cm³/mol. The predicted octanol–water partition coefficient (Wildman–Crippen LogP) is 1.31. The van der Waals surface area contributed by atoms with E-state index in [0.29, 0.717) is 5.54 Å². The molecule has 2 N–H and O–H groups in total. The van der Waals surface area contributed by atoms with Crippen molar-refractivity contribution in [1.29, 1.82) is 0 Å². The molecule has 0 unspecified atom stereocenters. The third-order valence-corrected chi connectivity index (χ3v) is 4.52. The molecule has 1 heteroatoms. The fraction of sp³-hybridized carbons (Fsp3) is 0.909. The Morgan fingerprint density at radius 2 is 1.33 bits per heavy atom. The van der Waals surface area contributed by atoms with Crippen molar-refractivity contribution in [1.82, 2.24) is 0 Å². The molecule has 12 heavy (non-hydrogen) atoms. The Hall–Kier alpha value is -0.0400. The van der Waals surface area contributed by atoms with Crippen molar-refractivity contribution in [2.24, 2.45) is 17.8 Å². The minimum Gasteiger partial charge on any atom is -0.474 e. The Kier molecular flexibility index (Phi) is 1.39. The maximum Gasteiger partial charge on any atom is 0.0731 e. The highest BCUT2D eigenvalue weighted by molar-refractivity contribution is 5.01. The van der Waals surface area contributed by atoms with Gasteiger partial charge in [-0.25, -0.2) is 0 Å². The summed E-state index contributed by atoms with van der Waals surface area (Å²) in [5.41, 5.74) is 0.606. The van der Waals surface area contributed by atoms with Gasteiger partial charge < -0.3 is 5.32 Å². The molecule has 4 bridgehead atoms. The van der Waals surface area contributed by atoms with Gasteiger partial charge in [0.2, 0.25) is 0 Å². The van der Waals surface area contributed by atoms with Gasteiger partial charge in [0.1, 0.15) is 0 Å². The molecule has 1 nitrogen and oxygen atoms in total. The zero-order chi connectivity index (χ0) is 8.18. The molecule has 0 amide bonds. The van der Waals surface area contributed by atoms with Crippen LogP contribution < -0.4 is 5.32 Å². The minimum absolute atomic E-state index is 0.606. The van der Waals surface area contributed by atoms with Crippen LogP contribution in [0.25, 0.3) is 0 Å². The molecule has 0 atom stereocenters. The molecule has 0 radical (unpaired) electrons. The summed E-state index contributed by atoms with van der Waals surface area (Å²) in [4.78, 5) is 0. The van der Waals surface area contributed by atoms with Crippen LogP contribution in [0.15, 0.2) is 0 Å². The maximum atomic E-state index is 4.05. The molecule has 68 valence electrons. The molecule has 4 aliphatic carbocycles. The summed E-state index contributed by atoms with van der Waals surface area (Å²) in [6, 6.07) is 0. The van der Waals surface area contributed by atoms with E-state index in [1.807, 2.05) is 0 Å². The largest absolute Gasteiger partial charge is 0.474 e. The van der Waals surface area contributed by atoms with Crippen LogP contribution in [0, 0.1) is 24.8 Å². The van der Waals surface area contributed by atoms with Crippen molar-refractivity contribution in [2.75, 3.05) is 0 Å². The van der Waals surface area contributed by atoms with E-state index in [4.69, 9.17) is 0 Å². The van der Waals surface area contributed by atoms with Crippen molar-refractivity contribution in [3.05, 3.63) is 7.05 Å². The van der Waals surface area contributed by atoms with Gasteiger partial charge in [0.25, 0.3) is 0 Å². The van der Waals surface area contributed by atoms with Crippen molar-refractivity contribution in [2.45, 2.75) is 44.1 Å². The number of nitrogens with two attached hydrogens (primary N) is 1. The van der Waals surface area contributed by atoms with Crippen LogP contribution in [0.4, 0.5) is 0 Å². The number of hydrogen-bond donors (Lipinski definition) is 1. The topological polar surface area (TPSA) is 16.6 Å². The van der Waals surface area contributed by atoms with Gasteiger partial charge in [-0.3, -0.25) is 0 Å². The Balaban J connectivity index is 1.90. The molecule has 4 saturated carbocycles. The van der Waals surface area contributed by atoms with E-state index in [1.54, 1.807) is 19.3 Å². The molecule has 4 rings (SSSR count). The van der Waals surface area contributed by atoms with Crippen LogP contribution in [0.1, 0.15) is 38.5 Å². The SMILES string of the molecule is [CH2-][NH2+]C12CC3CC(CC(C3)C1)C2. The molecular weight excluding hydrogens is 146 g/mol. The van der Waals surface area contributed by atoms with Crippen LogP contribution in [-0.2, 0) is 0 Å². The van der Waals surface area contributed by atoms with Gasteiger partial charge in [-0.1, -0.05) is 0 Å². The normalized spacial score (nSPS) is 56.2. The molecular formula is C11H19N. The van der Waals surface area contributed by atoms with Gasteiger partial charge >= 0.3 is 0 Å². The fourth-order valence-corrected chi connectivity index (χ4v) is 4.43. The van der Waals surface area contributed by atoms with Crippen LogP contribution in [0.2, 0.25) is 0 Å². The van der Waals surface area contributed by atoms with Gasteiger partial charge in [-0.2, -0.15) is 7.05 Å². The summed E-state index contributed by atoms with van der Waals surface area (Å²) in [5.74, 6) is 3.23. The molecule has 0 aromatic heterocycles. The maximum absolute atomic E-state index is 4.05. The molecule has 0 aliphatic heterocycles. The molecule has 4 fully saturated rings. The van der Waals surface area contributed by atoms with E-state index in [-0.39, 0.29) is 0 Å². The molecule has 4 aliphatic rings. The summed E-state index contributed by atoms with van der Waals surface area (Å²) >= 11 is 0. The monoisotopic (exact) mass is 165 g/mol. The van der Waals surface area contributed by atoms with Crippen molar-refractivity contribution in [3.8, 4) is 0 Å². The van der Waals surface area contributed by atoms with Gasteiger partial charge in [0.05, 0.1) is 5.54 Å². The van der Waals surface area contributed by atoms with Crippen molar-refractivity contribution < 1.29 is 5.32 Å². The van der Waals surface area contributed by atoms with Crippen LogP contribution in [-0.4, -0.2) is 5.54 Å². The summed E-state index contributed by atoms with van der Waals surface area (Å²) in [5, 5.41) is 2.29. The van der Waals surface area contributed by atoms with E-state index in [2.05, 4.69) is 12.4 Å². The van der Waals surface area contributed by atoms with Crippen molar-refractivity contribution >= 4 is 0 Å². The van der Waals surface area contributed by atoms with Gasteiger partial charge in [0.15, 0.2) is 0 Å². The first-order chi connectivity index (χ1) is 5.80. The second kappa shape index (κ2) is 2.25. The lowest BCUT2D eigenvalue weighted by Gasteiger charge is -2.55. The third kappa shape index (κ3) is 0.891. The number of hydrogen-bond acceptors (Lipinski definition) is 0. The average molecular weight is 165 g/mol. The highest BCUT2D eigenvalue weighted by atomic mass is 15.0. The number of rotatable bonds is 1. The lowest BCUT2D eigenvalue weighted by molar-refractivity contribution is -0.690. The van der Waals surface area contributed by atoms with Gasteiger partial charge in [-0.05, 0) is 37.0 Å². The Morgan fingerprint density at radius 1 is 0.917 bits per heavy atom. The molecule has 0 aromatic rings. The van der Waals surface area contributed by atoms with E-state index < -0.39 is 0 Å². The second-order valence-corrected chi connectivity index (χ2v) is 5.48. The average Bonchev–Trinajstić information content (AvgIpc) is 2.02. The third-order valence-electron chi connectivity index (χ3n) is 4.52. The lowest BCUT2D eigenvalue weighted by atomic mass is 9.53. The minimum atomic E-state index is 0.606. The standard InChI is InChI=1S/C11H19N/c1-12-11-5-8-2-9(6-11)4-10(3-8)7-11/h8-10H,1-7,12H2. The highest BCUT2D eigenvalue weighted by Gasteiger charge is 2.51. The summed E-state index contributed by atoms with van der Waals surface area (Å²) in [6.07, 6.45) is 9.07. The van der Waals surface area contributed by atoms with Crippen LogP contribution in [0.3, 0.4) is 0 Å². The zero-order valence-corrected chi connectivity index (χ0v) is 7.76. The smallest absolute Gasteiger partial charge is 0.0731 e. The first-order valence-corrected chi connectivity index (χ1v) is 5.43. The zero-order valence-electron chi connectivity index (χ0n) is 7.76. The lowest BCUT2D eigenvalue weighted by Crippen LogP contribution is -2.94. The first-order valence-electron chi connectivity index (χ1n) is 5.43. The second-order valence-electron chi connectivity index (χ2n) is 5.48. The van der Waals surface area contributed by atoms with Crippen LogP contribution in [0.5, 0.6) is 0 Å². The van der Waals surface area contributed by atoms with E-state index >= 15 is 0 Å². The highest BCUT2D eigenvalue weighted by Crippen LogP contribution is 2.53. The summed E-state index contributed by atoms with van der Waals surface area (Å²) < 4.78 is 0. The Labute approximate surface area is 74.9 Å². The van der Waals surface area contributed by atoms with Crippen molar-refractivity contribution in [3.63, 3.8) is 0 Å². The molecule has 0 heterocycles. The Morgan fingerprint density at radius 3 is 1.67 bits per heavy atom. The Bertz CT molecular complexity index is 162.